The minimum Gasteiger partial charge on any atom is -0.282 e. The molecular weight excluding hydrogens is 134 g/mol. The van der Waals surface area contributed by atoms with Crippen molar-refractivity contribution in [3.8, 4) is 0 Å². The molecule has 0 amide bonds. The first-order valence-electron chi connectivity index (χ1n) is 3.87. The van der Waals surface area contributed by atoms with Crippen LogP contribution in [-0.4, -0.2) is 11.8 Å². The molecule has 11 heavy (non-hydrogen) atoms. The molecule has 0 aromatic heterocycles. The van der Waals surface area contributed by atoms with Gasteiger partial charge in [0.05, 0.1) is 5.71 Å². The molecule has 1 heteroatoms. The largest absolute Gasteiger partial charge is 0.282 e. The van der Waals surface area contributed by atoms with Crippen molar-refractivity contribution >= 4 is 5.71 Å². The van der Waals surface area contributed by atoms with E-state index in [2.05, 4.69) is 31.5 Å². The molecule has 1 aliphatic rings. The number of hydrogen-bond acceptors (Lipinski definition) is 1. The van der Waals surface area contributed by atoms with Crippen LogP contribution in [0, 0.1) is 0 Å². The molecule has 0 fully saturated rings. The van der Waals surface area contributed by atoms with Crippen molar-refractivity contribution in [3.05, 3.63) is 29.5 Å². The standard InChI is InChI=1S/C10H13N/c1-8(2)11-10-7-5-4-6-9(10)3/h4,6-8H,1-3H3. The van der Waals surface area contributed by atoms with Gasteiger partial charge in [0.1, 0.15) is 0 Å². The molecule has 0 aromatic rings. The summed E-state index contributed by atoms with van der Waals surface area (Å²) in [5.74, 6) is 0. The molecule has 0 atom stereocenters. The van der Waals surface area contributed by atoms with Crippen LogP contribution in [0.25, 0.3) is 0 Å². The summed E-state index contributed by atoms with van der Waals surface area (Å²) in [5, 5.41) is 0. The number of nitrogens with zero attached hydrogens (tertiary/aromatic N) is 1. The van der Waals surface area contributed by atoms with Crippen molar-refractivity contribution in [2.24, 2.45) is 4.99 Å². The summed E-state index contributed by atoms with van der Waals surface area (Å²) in [6.07, 6.45) is 5.87. The first-order valence-corrected chi connectivity index (χ1v) is 3.87. The van der Waals surface area contributed by atoms with Crippen LogP contribution in [0.5, 0.6) is 0 Å². The average Bonchev–Trinajstić information content (AvgIpc) is 1.93. The van der Waals surface area contributed by atoms with E-state index in [1.165, 1.54) is 5.57 Å². The Morgan fingerprint density at radius 3 is 2.73 bits per heavy atom. The van der Waals surface area contributed by atoms with Gasteiger partial charge in [0, 0.05) is 12.1 Å². The summed E-state index contributed by atoms with van der Waals surface area (Å²) in [5.41, 5.74) is 5.29. The highest BCUT2D eigenvalue weighted by Gasteiger charge is 1.99. The van der Waals surface area contributed by atoms with Crippen molar-refractivity contribution in [2.45, 2.75) is 26.8 Å². The molecule has 0 spiro atoms. The topological polar surface area (TPSA) is 12.4 Å². The Morgan fingerprint density at radius 1 is 1.45 bits per heavy atom. The van der Waals surface area contributed by atoms with Gasteiger partial charge in [-0.25, -0.2) is 0 Å². The number of allylic oxidation sites excluding steroid dienone is 3. The lowest BCUT2D eigenvalue weighted by molar-refractivity contribution is 0.837. The Hall–Kier alpha value is -1.07. The van der Waals surface area contributed by atoms with Gasteiger partial charge in [-0.2, -0.15) is 0 Å². The van der Waals surface area contributed by atoms with Crippen LogP contribution in [0.2, 0.25) is 0 Å². The van der Waals surface area contributed by atoms with Crippen molar-refractivity contribution in [3.63, 3.8) is 0 Å². The Bertz CT molecular complexity index is 261. The molecule has 1 aliphatic carbocycles. The molecule has 0 aliphatic heterocycles. The quantitative estimate of drug-likeness (QED) is 0.505. The molecule has 0 radical (unpaired) electrons. The second-order valence-corrected chi connectivity index (χ2v) is 2.94. The van der Waals surface area contributed by atoms with Gasteiger partial charge in [0.2, 0.25) is 0 Å². The zero-order valence-corrected chi connectivity index (χ0v) is 7.26. The third-order valence-electron chi connectivity index (χ3n) is 1.45. The molecule has 1 nitrogen and oxygen atoms in total. The lowest BCUT2D eigenvalue weighted by Gasteiger charge is -2.04. The monoisotopic (exact) mass is 147 g/mol. The smallest absolute Gasteiger partial charge is 0.0683 e. The lowest BCUT2D eigenvalue weighted by atomic mass is 10.1. The number of rotatable bonds is 1. The van der Waals surface area contributed by atoms with Gasteiger partial charge < -0.3 is 0 Å². The molecule has 0 N–H and O–H groups in total. The van der Waals surface area contributed by atoms with E-state index in [4.69, 9.17) is 0 Å². The average molecular weight is 147 g/mol. The highest BCUT2D eigenvalue weighted by atomic mass is 14.8. The lowest BCUT2D eigenvalue weighted by Crippen LogP contribution is -2.02. The van der Waals surface area contributed by atoms with E-state index in [0.717, 1.165) is 5.71 Å². The Labute approximate surface area is 67.8 Å². The molecule has 58 valence electrons. The maximum atomic E-state index is 4.43. The third kappa shape index (κ3) is 2.21. The van der Waals surface area contributed by atoms with E-state index in [-0.39, 0.29) is 0 Å². The summed E-state index contributed by atoms with van der Waals surface area (Å²) in [6, 6.07) is 0.365. The maximum Gasteiger partial charge on any atom is 0.0683 e. The fourth-order valence-corrected chi connectivity index (χ4v) is 0.917. The van der Waals surface area contributed by atoms with Crippen LogP contribution >= 0.6 is 0 Å². The first kappa shape index (κ1) is 8.03. The SMILES string of the molecule is CC1=CC=C=CC1=NC(C)C. The molecular formula is C10H13N. The molecule has 0 heterocycles. The van der Waals surface area contributed by atoms with Gasteiger partial charge >= 0.3 is 0 Å². The number of aliphatic imine (C=N–C) groups is 1. The molecule has 0 bridgehead atoms. The van der Waals surface area contributed by atoms with Crippen LogP contribution in [0.15, 0.2) is 34.5 Å². The van der Waals surface area contributed by atoms with Crippen LogP contribution < -0.4 is 0 Å². The van der Waals surface area contributed by atoms with Crippen LogP contribution in [0.4, 0.5) is 0 Å². The van der Waals surface area contributed by atoms with Gasteiger partial charge in [0.25, 0.3) is 0 Å². The Balaban J connectivity index is 2.90. The normalized spacial score (nSPS) is 19.6. The predicted molar refractivity (Wildman–Crippen MR) is 49.0 cm³/mol. The highest BCUT2D eigenvalue weighted by Crippen LogP contribution is 2.04. The summed E-state index contributed by atoms with van der Waals surface area (Å²) in [4.78, 5) is 4.43. The van der Waals surface area contributed by atoms with Crippen molar-refractivity contribution in [1.82, 2.24) is 0 Å². The van der Waals surface area contributed by atoms with Gasteiger partial charge in [-0.15, -0.1) is 5.73 Å². The summed E-state index contributed by atoms with van der Waals surface area (Å²) in [7, 11) is 0. The second-order valence-electron chi connectivity index (χ2n) is 2.94. The van der Waals surface area contributed by atoms with Crippen LogP contribution in [0.3, 0.4) is 0 Å². The molecule has 0 unspecified atom stereocenters. The highest BCUT2D eigenvalue weighted by molar-refractivity contribution is 6.08. The Kier molecular flexibility index (Phi) is 2.45. The fraction of sp³-hybridized carbons (Fsp3) is 0.400. The van der Waals surface area contributed by atoms with E-state index < -0.39 is 0 Å². The van der Waals surface area contributed by atoms with E-state index in [9.17, 15) is 0 Å². The summed E-state index contributed by atoms with van der Waals surface area (Å²) >= 11 is 0. The first-order chi connectivity index (χ1) is 5.20. The van der Waals surface area contributed by atoms with Gasteiger partial charge in [-0.3, -0.25) is 4.99 Å². The minimum absolute atomic E-state index is 0.365. The predicted octanol–water partition coefficient (Wildman–Crippen LogP) is 2.51. The Morgan fingerprint density at radius 2 is 2.18 bits per heavy atom. The van der Waals surface area contributed by atoms with Crippen molar-refractivity contribution in [1.29, 1.82) is 0 Å². The van der Waals surface area contributed by atoms with Crippen molar-refractivity contribution < 1.29 is 0 Å². The maximum absolute atomic E-state index is 4.43. The molecule has 0 saturated heterocycles. The third-order valence-corrected chi connectivity index (χ3v) is 1.45. The van der Waals surface area contributed by atoms with Gasteiger partial charge in [0.15, 0.2) is 0 Å². The van der Waals surface area contributed by atoms with Gasteiger partial charge in [-0.05, 0) is 38.5 Å². The second kappa shape index (κ2) is 3.36. The summed E-state index contributed by atoms with van der Waals surface area (Å²) in [6.45, 7) is 6.22. The minimum atomic E-state index is 0.365. The van der Waals surface area contributed by atoms with Crippen LogP contribution in [0.1, 0.15) is 20.8 Å². The van der Waals surface area contributed by atoms with Crippen LogP contribution in [-0.2, 0) is 0 Å². The zero-order valence-electron chi connectivity index (χ0n) is 7.26. The fourth-order valence-electron chi connectivity index (χ4n) is 0.917. The van der Waals surface area contributed by atoms with E-state index >= 15 is 0 Å². The van der Waals surface area contributed by atoms with E-state index in [1.807, 2.05) is 18.2 Å². The van der Waals surface area contributed by atoms with Crippen molar-refractivity contribution in [2.75, 3.05) is 0 Å². The number of hydrogen-bond donors (Lipinski definition) is 0. The summed E-state index contributed by atoms with van der Waals surface area (Å²) < 4.78 is 0. The molecule has 0 aromatic carbocycles. The van der Waals surface area contributed by atoms with E-state index in [1.54, 1.807) is 0 Å². The zero-order chi connectivity index (χ0) is 8.27. The van der Waals surface area contributed by atoms with Gasteiger partial charge in [-0.1, -0.05) is 0 Å². The molecule has 0 saturated carbocycles. The molecule has 1 rings (SSSR count). The van der Waals surface area contributed by atoms with E-state index in [0.29, 0.717) is 6.04 Å².